The fourth-order valence-corrected chi connectivity index (χ4v) is 11.4. The van der Waals surface area contributed by atoms with Crippen LogP contribution in [0.2, 0.25) is 10.0 Å². The van der Waals surface area contributed by atoms with Crippen LogP contribution < -0.4 is 22.1 Å². The monoisotopic (exact) mass is 1050 g/mol. The Kier molecular flexibility index (Phi) is 14.9. The smallest absolute Gasteiger partial charge is 0.419 e. The number of carbonyl (C=O) groups excluding carboxylic acids is 3. The van der Waals surface area contributed by atoms with Gasteiger partial charge in [-0.05, 0) is 136 Å². The van der Waals surface area contributed by atoms with E-state index in [0.717, 1.165) is 85.1 Å². The zero-order valence-electron chi connectivity index (χ0n) is 43.2. The minimum Gasteiger partial charge on any atom is -0.443 e. The third-order valence-electron chi connectivity index (χ3n) is 14.6. The molecule has 10 rings (SSSR count). The molecule has 0 spiro atoms. The maximum atomic E-state index is 15.7. The summed E-state index contributed by atoms with van der Waals surface area (Å²) in [6, 6.07) is 21.0. The van der Waals surface area contributed by atoms with Crippen LogP contribution in [0, 0.1) is 0 Å². The van der Waals surface area contributed by atoms with Crippen molar-refractivity contribution in [2.75, 3.05) is 65.7 Å². The van der Waals surface area contributed by atoms with Gasteiger partial charge in [-0.25, -0.2) is 18.7 Å². The van der Waals surface area contributed by atoms with E-state index in [0.29, 0.717) is 94.2 Å². The molecule has 4 unspecified atom stereocenters. The molecule has 392 valence electrons. The number of rotatable bonds is 12. The molecule has 17 heteroatoms. The number of fused-ring (bicyclic) bond motifs is 4. The highest BCUT2D eigenvalue weighted by molar-refractivity contribution is 6.32. The maximum Gasteiger partial charge on any atom is 0.419 e. The fraction of sp³-hybridized carbons (Fsp3) is 0.456. The second-order valence-electron chi connectivity index (χ2n) is 22.0. The highest BCUT2D eigenvalue weighted by Crippen LogP contribution is 2.47. The molecule has 4 atom stereocenters. The van der Waals surface area contributed by atoms with Crippen LogP contribution in [0.25, 0.3) is 44.3 Å². The van der Waals surface area contributed by atoms with Crippen molar-refractivity contribution in [1.29, 1.82) is 0 Å². The third kappa shape index (κ3) is 10.7. The normalized spacial score (nSPS) is 19.4. The molecule has 15 nitrogen and oxygen atoms in total. The van der Waals surface area contributed by atoms with Crippen molar-refractivity contribution in [3.05, 3.63) is 116 Å². The molecule has 6 N–H and O–H groups in total. The van der Waals surface area contributed by atoms with E-state index < -0.39 is 35.5 Å². The first-order valence-electron chi connectivity index (χ1n) is 25.9. The molecule has 0 bridgehead atoms. The summed E-state index contributed by atoms with van der Waals surface area (Å²) in [5.41, 5.74) is 20.5. The van der Waals surface area contributed by atoms with Crippen LogP contribution >= 0.6 is 23.2 Å². The molecule has 4 aliphatic heterocycles. The lowest BCUT2D eigenvalue weighted by atomic mass is 9.87. The molecule has 0 saturated carbocycles. The Hall–Kier alpha value is -5.17. The molecule has 4 aliphatic rings. The van der Waals surface area contributed by atoms with E-state index in [1.165, 1.54) is 0 Å². The van der Waals surface area contributed by atoms with Gasteiger partial charge in [0.1, 0.15) is 11.2 Å². The zero-order chi connectivity index (χ0) is 52.2. The number of aromatic nitrogens is 2. The topological polar surface area (TPSA) is 181 Å². The summed E-state index contributed by atoms with van der Waals surface area (Å²) in [5.74, 6) is -0.184. The molecule has 2 fully saturated rings. The average molecular weight is 1050 g/mol. The van der Waals surface area contributed by atoms with Crippen molar-refractivity contribution in [1.82, 2.24) is 29.6 Å². The molecule has 2 aromatic heterocycles. The number of nitrogens with zero attached hydrogens (tertiary/aromatic N) is 4. The van der Waals surface area contributed by atoms with E-state index in [1.807, 2.05) is 114 Å². The highest BCUT2D eigenvalue weighted by atomic mass is 35.5. The van der Waals surface area contributed by atoms with Gasteiger partial charge >= 0.3 is 12.2 Å². The number of Topliss-reactive ketones (excluding diaryl/α,β-unsaturated/α-hetero) is 1. The van der Waals surface area contributed by atoms with Gasteiger partial charge in [0.05, 0.1) is 60.9 Å². The summed E-state index contributed by atoms with van der Waals surface area (Å²) in [4.78, 5) is 49.3. The summed E-state index contributed by atoms with van der Waals surface area (Å²) in [6.45, 7) is 19.7. The third-order valence-corrected chi connectivity index (χ3v) is 15.4. The maximum absolute atomic E-state index is 15.7. The first-order chi connectivity index (χ1) is 35.3. The molecule has 2 saturated heterocycles. The zero-order valence-corrected chi connectivity index (χ0v) is 44.7. The molecule has 4 aromatic carbocycles. The molecule has 6 aromatic rings. The fourth-order valence-electron chi connectivity index (χ4n) is 11.0. The number of hydrogen-bond donors (Lipinski definition) is 4. The van der Waals surface area contributed by atoms with Crippen molar-refractivity contribution in [2.24, 2.45) is 11.5 Å². The van der Waals surface area contributed by atoms with Crippen molar-refractivity contribution in [3.8, 4) is 22.5 Å². The Morgan fingerprint density at radius 3 is 1.38 bits per heavy atom. The minimum atomic E-state index is -0.874. The number of nitrogens with one attached hydrogen (secondary N) is 2. The van der Waals surface area contributed by atoms with Crippen molar-refractivity contribution >= 4 is 63.0 Å². The van der Waals surface area contributed by atoms with Gasteiger partial charge in [0, 0.05) is 96.4 Å². The summed E-state index contributed by atoms with van der Waals surface area (Å²) in [6.07, 6.45) is 0.395. The Morgan fingerprint density at radius 1 is 0.608 bits per heavy atom. The number of morpholine rings is 2. The number of hydrogen-bond acceptors (Lipinski definition) is 13. The van der Waals surface area contributed by atoms with Crippen LogP contribution in [-0.2, 0) is 36.8 Å². The predicted molar refractivity (Wildman–Crippen MR) is 290 cm³/mol. The predicted octanol–water partition coefficient (Wildman–Crippen LogP) is 9.81. The van der Waals surface area contributed by atoms with Crippen LogP contribution in [0.3, 0.4) is 0 Å². The largest absolute Gasteiger partial charge is 0.443 e. The summed E-state index contributed by atoms with van der Waals surface area (Å²) >= 11 is 14.0. The first-order valence-corrected chi connectivity index (χ1v) is 26.6. The van der Waals surface area contributed by atoms with Crippen LogP contribution in [0.1, 0.15) is 112 Å². The molecule has 0 radical (unpaired) electrons. The van der Waals surface area contributed by atoms with E-state index in [2.05, 4.69) is 20.4 Å². The van der Waals surface area contributed by atoms with Gasteiger partial charge in [-0.3, -0.25) is 25.2 Å². The van der Waals surface area contributed by atoms with Gasteiger partial charge in [0.25, 0.3) is 0 Å². The van der Waals surface area contributed by atoms with Gasteiger partial charge in [-0.15, -0.1) is 0 Å². The summed E-state index contributed by atoms with van der Waals surface area (Å²) in [5, 5.41) is 9.59. The highest BCUT2D eigenvalue weighted by Gasteiger charge is 2.42. The molecule has 6 heterocycles. The Bertz CT molecular complexity index is 2920. The number of ketones is 1. The van der Waals surface area contributed by atoms with Gasteiger partial charge in [-0.2, -0.15) is 0 Å². The lowest BCUT2D eigenvalue weighted by Gasteiger charge is -2.27. The van der Waals surface area contributed by atoms with Crippen molar-refractivity contribution < 1.29 is 33.3 Å². The first kappa shape index (κ1) is 52.3. The van der Waals surface area contributed by atoms with Gasteiger partial charge < -0.3 is 30.4 Å². The molecule has 0 aliphatic carbocycles. The summed E-state index contributed by atoms with van der Waals surface area (Å²) in [7, 11) is 0. The lowest BCUT2D eigenvalue weighted by molar-refractivity contribution is -0.123. The van der Waals surface area contributed by atoms with Crippen molar-refractivity contribution in [3.63, 3.8) is 0 Å². The van der Waals surface area contributed by atoms with Gasteiger partial charge in [0.2, 0.25) is 0 Å². The average Bonchev–Trinajstić information content (AvgIpc) is 4.18. The van der Waals surface area contributed by atoms with Crippen molar-refractivity contribution in [2.45, 2.75) is 103 Å². The van der Waals surface area contributed by atoms with Crippen LogP contribution in [0.5, 0.6) is 0 Å². The summed E-state index contributed by atoms with van der Waals surface area (Å²) < 4.78 is 26.4. The van der Waals surface area contributed by atoms with E-state index in [1.54, 1.807) is 9.13 Å². The Labute approximate surface area is 442 Å². The molecular weight excluding hydrogens is 980 g/mol. The number of nitrogens with two attached hydrogens (primary N) is 2. The van der Waals surface area contributed by atoms with E-state index in [4.69, 9.17) is 53.6 Å². The quantitative estimate of drug-likeness (QED) is 0.0911. The SMILES string of the molecule is CC(C)(C)OC(=O)n1c(-c2ccc(Cl)c3c2C(C(=O)C2NCc4c(Cl)ccc(-c5cc6cc(C(N)CCN7CCOCC7)ccc6n5C(=O)OC(C)(C)C)c42)NC3)cc2cc(C(N)CCN3CCOCC3)ccc21. The van der Waals surface area contributed by atoms with E-state index >= 15 is 4.79 Å². The van der Waals surface area contributed by atoms with Crippen LogP contribution in [0.15, 0.2) is 72.8 Å². The number of halogens is 2. The van der Waals surface area contributed by atoms with Gasteiger partial charge in [-0.1, -0.05) is 47.5 Å². The van der Waals surface area contributed by atoms with E-state index in [9.17, 15) is 9.59 Å². The number of ether oxygens (including phenoxy) is 4. The minimum absolute atomic E-state index is 0.184. The van der Waals surface area contributed by atoms with Gasteiger partial charge in [0.15, 0.2) is 5.78 Å². The second kappa shape index (κ2) is 21.1. The lowest BCUT2D eigenvalue weighted by Crippen LogP contribution is -2.37. The molecule has 0 amide bonds. The second-order valence-corrected chi connectivity index (χ2v) is 22.8. The Morgan fingerprint density at radius 2 is 1.00 bits per heavy atom. The number of carbonyl (C=O) groups is 3. The molecular formula is C57H68Cl2N8O7. The molecule has 74 heavy (non-hydrogen) atoms. The standard InChI is InChI=1S/C57H68Cl2N8O7/c1-56(2,3)73-54(69)66-45-13-7-33(43(60)15-17-64-19-23-71-24-20-64)27-35(45)29-47(66)37-9-11-41(58)39-31-62-51(49(37)39)53(68)52-50-38(10-12-42(59)40(50)32-63-52)48-30-36-28-34(44(61)16-18-65-21-25-72-26-22-65)8-14-46(36)67(48)55(70)74-57(4,5)6/h7-14,27-30,43-44,51-52,62-63H,15-26,31-32,60-61H2,1-6H3. The van der Waals surface area contributed by atoms with E-state index in [-0.39, 0.29) is 17.9 Å². The Balaban J connectivity index is 1.03. The number of benzene rings is 4. The van der Waals surface area contributed by atoms with Crippen LogP contribution in [-0.4, -0.2) is 114 Å². The van der Waals surface area contributed by atoms with Crippen LogP contribution in [0.4, 0.5) is 9.59 Å².